The van der Waals surface area contributed by atoms with Crippen molar-refractivity contribution >= 4 is 75.7 Å². The lowest BCUT2D eigenvalue weighted by atomic mass is 9.86. The number of methoxy groups -OCH3 is 5. The molecule has 19 heteroatoms. The van der Waals surface area contributed by atoms with Crippen molar-refractivity contribution in [2.24, 2.45) is 0 Å². The number of carbonyl (C=O) groups is 10. The van der Waals surface area contributed by atoms with Crippen LogP contribution < -0.4 is 0 Å². The summed E-state index contributed by atoms with van der Waals surface area (Å²) in [6.45, 7) is 3.81. The van der Waals surface area contributed by atoms with E-state index in [4.69, 9.17) is 4.74 Å². The van der Waals surface area contributed by atoms with Crippen molar-refractivity contribution in [2.45, 2.75) is 44.9 Å². The maximum Gasteiger partial charge on any atom is 0.346 e. The van der Waals surface area contributed by atoms with Gasteiger partial charge in [-0.3, -0.25) is 14.4 Å². The second-order valence-corrected chi connectivity index (χ2v) is 17.2. The molecule has 5 aromatic rings. The number of hydrogen-bond acceptors (Lipinski definition) is 19. The third kappa shape index (κ3) is 17.1. The molecule has 0 N–H and O–H groups in total. The average Bonchev–Trinajstić information content (AvgIpc) is 4.27. The first-order valence-corrected chi connectivity index (χ1v) is 24.5. The molecule has 0 saturated carbocycles. The molecular formula is C61H64O19. The van der Waals surface area contributed by atoms with Gasteiger partial charge in [0.25, 0.3) is 5.78 Å². The van der Waals surface area contributed by atoms with E-state index in [9.17, 15) is 47.9 Å². The van der Waals surface area contributed by atoms with Gasteiger partial charge in [0.2, 0.25) is 11.6 Å². The second-order valence-electron chi connectivity index (χ2n) is 17.2. The van der Waals surface area contributed by atoms with Crippen LogP contribution in [0.4, 0.5) is 0 Å². The average molecular weight is 1100 g/mol. The smallest absolute Gasteiger partial charge is 0.346 e. The third-order valence-electron chi connectivity index (χ3n) is 11.3. The minimum atomic E-state index is -0.939. The number of ketones is 3. The minimum Gasteiger partial charge on any atom is -0.423 e. The zero-order valence-electron chi connectivity index (χ0n) is 46.3. The van der Waals surface area contributed by atoms with Crippen LogP contribution in [0.2, 0.25) is 0 Å². The number of benzene rings is 5. The maximum absolute atomic E-state index is 11.9. The van der Waals surface area contributed by atoms with Gasteiger partial charge in [0.05, 0.1) is 16.7 Å². The molecule has 0 bridgehead atoms. The van der Waals surface area contributed by atoms with Gasteiger partial charge >= 0.3 is 41.8 Å². The fourth-order valence-corrected chi connectivity index (χ4v) is 8.14. The van der Waals surface area contributed by atoms with Gasteiger partial charge in [-0.05, 0) is 79.7 Å². The molecule has 0 saturated heterocycles. The number of rotatable bonds is 0. The van der Waals surface area contributed by atoms with E-state index in [1.54, 1.807) is 126 Å². The van der Waals surface area contributed by atoms with Crippen LogP contribution in [0.5, 0.6) is 0 Å². The Morgan fingerprint density at radius 2 is 0.562 bits per heavy atom. The lowest BCUT2D eigenvalue weighted by Gasteiger charge is -2.13. The lowest BCUT2D eigenvalue weighted by Crippen LogP contribution is -2.28. The molecule has 0 spiro atoms. The zero-order valence-corrected chi connectivity index (χ0v) is 46.3. The topological polar surface area (TPSA) is 254 Å². The van der Waals surface area contributed by atoms with Crippen molar-refractivity contribution in [2.75, 3.05) is 71.1 Å². The Morgan fingerprint density at radius 3 is 0.925 bits per heavy atom. The molecule has 0 fully saturated rings. The van der Waals surface area contributed by atoms with E-state index in [1.165, 1.54) is 0 Å². The number of hydrogen-bond donors (Lipinski definition) is 0. The molecular weight excluding hydrogens is 1040 g/mol. The Balaban J connectivity index is 0.000000250. The van der Waals surface area contributed by atoms with Crippen LogP contribution in [0.15, 0.2) is 138 Å². The van der Waals surface area contributed by atoms with E-state index < -0.39 is 53.2 Å². The van der Waals surface area contributed by atoms with E-state index >= 15 is 0 Å². The molecule has 4 heterocycles. The molecule has 80 heavy (non-hydrogen) atoms. The predicted octanol–water partition coefficient (Wildman–Crippen LogP) is 9.08. The van der Waals surface area contributed by atoms with E-state index in [1.807, 2.05) is 54.6 Å². The van der Waals surface area contributed by atoms with Crippen molar-refractivity contribution in [3.05, 3.63) is 171 Å². The third-order valence-corrected chi connectivity index (χ3v) is 11.3. The highest BCUT2D eigenvalue weighted by molar-refractivity contribution is 6.73. The van der Waals surface area contributed by atoms with Crippen LogP contribution in [-0.4, -0.2) is 130 Å². The Morgan fingerprint density at radius 1 is 0.300 bits per heavy atom. The van der Waals surface area contributed by atoms with Crippen molar-refractivity contribution < 1.29 is 90.6 Å². The number of fused-ring (bicyclic) bond motifs is 4. The molecule has 0 unspecified atom stereocenters. The maximum atomic E-state index is 11.9. The van der Waals surface area contributed by atoms with E-state index in [0.29, 0.717) is 61.3 Å². The van der Waals surface area contributed by atoms with Gasteiger partial charge in [-0.2, -0.15) is 0 Å². The van der Waals surface area contributed by atoms with E-state index in [0.717, 1.165) is 67.0 Å². The highest BCUT2D eigenvalue weighted by atomic mass is 16.6. The summed E-state index contributed by atoms with van der Waals surface area (Å²) in [5, 5.41) is 1.41. The summed E-state index contributed by atoms with van der Waals surface area (Å²) in [6.07, 6.45) is 5.81. The molecule has 5 aromatic carbocycles. The second kappa shape index (κ2) is 33.5. The minimum absolute atomic E-state index is 0.331. The SMILES string of the molecule is C=C1OC(=O)c2ccccc2-c2ccccc21.COC.COC.COC.COC.COC.O=C1C(=O)c2cccc3cccc(c23)C1=O.O=C1OC(=O)C2=C1CCC2.O=C1OC(=O)C2=C1CCCC2.O=C1OC(=O)c2ccccc21. The van der Waals surface area contributed by atoms with Crippen molar-refractivity contribution in [3.63, 3.8) is 0 Å². The number of esters is 7. The van der Waals surface area contributed by atoms with Crippen molar-refractivity contribution in [1.82, 2.24) is 0 Å². The Bertz CT molecular complexity index is 2970. The molecule has 0 aromatic heterocycles. The summed E-state index contributed by atoms with van der Waals surface area (Å²) in [5.74, 6) is -5.04. The molecule has 7 aliphatic rings. The molecule has 0 radical (unpaired) electrons. The molecule has 19 nitrogen and oxygen atoms in total. The Hall–Kier alpha value is -8.72. The van der Waals surface area contributed by atoms with Gasteiger partial charge in [-0.1, -0.05) is 97.6 Å². The highest BCUT2D eigenvalue weighted by Gasteiger charge is 2.36. The molecule has 0 atom stereocenters. The number of cyclic esters (lactones) is 7. The fourth-order valence-electron chi connectivity index (χ4n) is 8.14. The quantitative estimate of drug-likeness (QED) is 0.0606. The normalized spacial score (nSPS) is 15.1. The predicted molar refractivity (Wildman–Crippen MR) is 293 cm³/mol. The number of Topliss-reactive ketones (excluding diaryl/α,β-unsaturated/α-hetero) is 3. The summed E-state index contributed by atoms with van der Waals surface area (Å²) < 4.78 is 39.7. The van der Waals surface area contributed by atoms with Gasteiger partial charge < -0.3 is 42.6 Å². The van der Waals surface area contributed by atoms with Gasteiger partial charge in [0.15, 0.2) is 0 Å². The van der Waals surface area contributed by atoms with E-state index in [-0.39, 0.29) is 5.97 Å². The lowest BCUT2D eigenvalue weighted by molar-refractivity contribution is -0.153. The number of ether oxygens (including phenoxy) is 9. The Kier molecular flexibility index (Phi) is 27.5. The van der Waals surface area contributed by atoms with Crippen molar-refractivity contribution in [3.8, 4) is 11.1 Å². The van der Waals surface area contributed by atoms with E-state index in [2.05, 4.69) is 44.5 Å². The molecule has 12 rings (SSSR count). The first-order chi connectivity index (χ1) is 38.4. The van der Waals surface area contributed by atoms with Crippen LogP contribution >= 0.6 is 0 Å². The monoisotopic (exact) mass is 1100 g/mol. The van der Waals surface area contributed by atoms with Crippen LogP contribution in [-0.2, 0) is 66.6 Å². The largest absolute Gasteiger partial charge is 0.423 e. The molecule has 4 aliphatic heterocycles. The van der Waals surface area contributed by atoms with Crippen LogP contribution in [0.3, 0.4) is 0 Å². The van der Waals surface area contributed by atoms with Crippen LogP contribution in [0.1, 0.15) is 102 Å². The van der Waals surface area contributed by atoms with Gasteiger partial charge in [-0.15, -0.1) is 0 Å². The molecule has 0 amide bonds. The van der Waals surface area contributed by atoms with Crippen molar-refractivity contribution in [1.29, 1.82) is 0 Å². The van der Waals surface area contributed by atoms with Gasteiger partial charge in [0.1, 0.15) is 5.76 Å². The molecule has 3 aliphatic carbocycles. The van der Waals surface area contributed by atoms with Crippen LogP contribution in [0.25, 0.3) is 27.7 Å². The highest BCUT2D eigenvalue weighted by Crippen LogP contribution is 2.36. The van der Waals surface area contributed by atoms with Gasteiger partial charge in [-0.25, -0.2) is 33.6 Å². The Labute approximate surface area is 463 Å². The summed E-state index contributed by atoms with van der Waals surface area (Å²) in [4.78, 5) is 112. The van der Waals surface area contributed by atoms with Crippen LogP contribution in [0, 0.1) is 0 Å². The number of carbonyl (C=O) groups excluding carboxylic acids is 10. The van der Waals surface area contributed by atoms with Gasteiger partial charge in [0, 0.05) is 115 Å². The fraction of sp³-hybridized carbons (Fsp3) is 0.279. The molecule has 422 valence electrons. The first kappa shape index (κ1) is 65.6. The zero-order chi connectivity index (χ0) is 59.5. The first-order valence-electron chi connectivity index (χ1n) is 24.5. The standard InChI is InChI=1S/C15H10O2.C13H6O3.C8H8O3.C8H4O3.C7H6O3.5C2H6O/c1-10-11-6-2-3-7-12(11)13-8-4-5-9-14(13)15(16)17-10;14-11-8-5-1-3-7-4-2-6-9(10(7)8)12(15)13(11)16;2*9-7-5-3-1-2-4-6(5)8(10)11-7;8-6-4-2-1-3-5(4)7(9)10-6;5*1-3-2/h2-9H,1H2;1-6H;1-4H2;1-4H;1-3H2;5*1-2H3. The summed E-state index contributed by atoms with van der Waals surface area (Å²) in [5.41, 5.74) is 7.19. The summed E-state index contributed by atoms with van der Waals surface area (Å²) in [7, 11) is 16.2. The summed E-state index contributed by atoms with van der Waals surface area (Å²) >= 11 is 0. The summed E-state index contributed by atoms with van der Waals surface area (Å²) in [6, 6.07) is 31.9.